The predicted molar refractivity (Wildman–Crippen MR) is 44.8 cm³/mol. The normalized spacial score (nSPS) is 23.4. The first-order valence-corrected chi connectivity index (χ1v) is 4.53. The van der Waals surface area contributed by atoms with Crippen LogP contribution < -0.4 is 5.73 Å². The summed E-state index contributed by atoms with van der Waals surface area (Å²) in [6, 6.07) is 0. The largest absolute Gasteiger partial charge is 0.330 e. The van der Waals surface area contributed by atoms with Gasteiger partial charge in [0, 0.05) is 0 Å². The zero-order chi connectivity index (χ0) is 7.40. The molecule has 0 amide bonds. The Hall–Kier alpha value is -0.0400. The third kappa shape index (κ3) is 2.30. The molecule has 60 valence electrons. The Bertz CT molecular complexity index is 84.7. The molecule has 0 aromatic rings. The SMILES string of the molecule is C[C@H](CN)CC1CCCC1. The Morgan fingerprint density at radius 1 is 1.40 bits per heavy atom. The van der Waals surface area contributed by atoms with E-state index < -0.39 is 0 Å². The van der Waals surface area contributed by atoms with E-state index in [4.69, 9.17) is 5.73 Å². The van der Waals surface area contributed by atoms with Gasteiger partial charge >= 0.3 is 0 Å². The van der Waals surface area contributed by atoms with E-state index in [1.165, 1.54) is 32.1 Å². The Morgan fingerprint density at radius 2 is 2.00 bits per heavy atom. The lowest BCUT2D eigenvalue weighted by molar-refractivity contribution is 0.403. The summed E-state index contributed by atoms with van der Waals surface area (Å²) >= 11 is 0. The average Bonchev–Trinajstić information content (AvgIpc) is 2.40. The molecule has 0 heterocycles. The fraction of sp³-hybridized carbons (Fsp3) is 1.00. The topological polar surface area (TPSA) is 26.0 Å². The maximum absolute atomic E-state index is 5.55. The van der Waals surface area contributed by atoms with E-state index in [1.807, 2.05) is 0 Å². The van der Waals surface area contributed by atoms with E-state index in [0.29, 0.717) is 0 Å². The molecule has 1 rings (SSSR count). The fourth-order valence-electron chi connectivity index (χ4n) is 1.91. The third-order valence-corrected chi connectivity index (χ3v) is 2.61. The van der Waals surface area contributed by atoms with Gasteiger partial charge in [-0.15, -0.1) is 0 Å². The molecule has 1 fully saturated rings. The van der Waals surface area contributed by atoms with E-state index >= 15 is 0 Å². The number of hydrogen-bond acceptors (Lipinski definition) is 1. The molecule has 1 saturated carbocycles. The maximum Gasteiger partial charge on any atom is -0.00514 e. The molecular formula is C9H19N. The molecule has 1 aliphatic rings. The minimum Gasteiger partial charge on any atom is -0.330 e. The van der Waals surface area contributed by atoms with E-state index in [0.717, 1.165) is 18.4 Å². The zero-order valence-corrected chi connectivity index (χ0v) is 6.97. The molecular weight excluding hydrogens is 122 g/mol. The number of nitrogens with two attached hydrogens (primary N) is 1. The van der Waals surface area contributed by atoms with Gasteiger partial charge in [0.1, 0.15) is 0 Å². The summed E-state index contributed by atoms with van der Waals surface area (Å²) in [6.07, 6.45) is 7.22. The molecule has 1 nitrogen and oxygen atoms in total. The highest BCUT2D eigenvalue weighted by Gasteiger charge is 2.16. The van der Waals surface area contributed by atoms with E-state index in [1.54, 1.807) is 0 Å². The van der Waals surface area contributed by atoms with Crippen molar-refractivity contribution in [3.05, 3.63) is 0 Å². The first-order valence-electron chi connectivity index (χ1n) is 4.53. The second-order valence-electron chi connectivity index (χ2n) is 3.73. The molecule has 0 radical (unpaired) electrons. The van der Waals surface area contributed by atoms with Crippen LogP contribution in [0.1, 0.15) is 39.0 Å². The van der Waals surface area contributed by atoms with Gasteiger partial charge in [0.25, 0.3) is 0 Å². The van der Waals surface area contributed by atoms with Gasteiger partial charge in [-0.2, -0.15) is 0 Å². The summed E-state index contributed by atoms with van der Waals surface area (Å²) in [6.45, 7) is 3.13. The van der Waals surface area contributed by atoms with Gasteiger partial charge in [-0.25, -0.2) is 0 Å². The van der Waals surface area contributed by atoms with Crippen molar-refractivity contribution in [2.24, 2.45) is 17.6 Å². The molecule has 0 unspecified atom stereocenters. The van der Waals surface area contributed by atoms with Crippen molar-refractivity contribution in [2.75, 3.05) is 6.54 Å². The van der Waals surface area contributed by atoms with Crippen LogP contribution in [0.5, 0.6) is 0 Å². The lowest BCUT2D eigenvalue weighted by Crippen LogP contribution is -2.13. The van der Waals surface area contributed by atoms with Crippen LogP contribution in [-0.4, -0.2) is 6.54 Å². The quantitative estimate of drug-likeness (QED) is 0.640. The average molecular weight is 141 g/mol. The molecule has 0 aliphatic heterocycles. The number of rotatable bonds is 3. The highest BCUT2D eigenvalue weighted by molar-refractivity contribution is 4.69. The lowest BCUT2D eigenvalue weighted by atomic mass is 9.95. The number of hydrogen-bond donors (Lipinski definition) is 1. The zero-order valence-electron chi connectivity index (χ0n) is 6.97. The molecule has 1 heteroatoms. The van der Waals surface area contributed by atoms with Crippen molar-refractivity contribution in [3.8, 4) is 0 Å². The summed E-state index contributed by atoms with van der Waals surface area (Å²) < 4.78 is 0. The summed E-state index contributed by atoms with van der Waals surface area (Å²) in [5.74, 6) is 1.77. The molecule has 1 atom stereocenters. The Kier molecular flexibility index (Phi) is 3.20. The standard InChI is InChI=1S/C9H19N/c1-8(7-10)6-9-4-2-3-5-9/h8-9H,2-7,10H2,1H3/t8-/m0/s1. The van der Waals surface area contributed by atoms with Crippen LogP contribution >= 0.6 is 0 Å². The summed E-state index contributed by atoms with van der Waals surface area (Å²) in [5.41, 5.74) is 5.55. The molecule has 0 saturated heterocycles. The van der Waals surface area contributed by atoms with Gasteiger partial charge in [-0.3, -0.25) is 0 Å². The Labute approximate surface area is 64.0 Å². The first-order chi connectivity index (χ1) is 4.83. The third-order valence-electron chi connectivity index (χ3n) is 2.61. The van der Waals surface area contributed by atoms with Gasteiger partial charge in [0.2, 0.25) is 0 Å². The van der Waals surface area contributed by atoms with Crippen LogP contribution in [0.2, 0.25) is 0 Å². The molecule has 0 spiro atoms. The van der Waals surface area contributed by atoms with E-state index in [2.05, 4.69) is 6.92 Å². The maximum atomic E-state index is 5.55. The van der Waals surface area contributed by atoms with Crippen molar-refractivity contribution < 1.29 is 0 Å². The van der Waals surface area contributed by atoms with Crippen molar-refractivity contribution in [1.29, 1.82) is 0 Å². The lowest BCUT2D eigenvalue weighted by Gasteiger charge is -2.13. The fourth-order valence-corrected chi connectivity index (χ4v) is 1.91. The smallest absolute Gasteiger partial charge is 0.00514 e. The Morgan fingerprint density at radius 3 is 2.50 bits per heavy atom. The second-order valence-corrected chi connectivity index (χ2v) is 3.73. The first kappa shape index (κ1) is 8.06. The van der Waals surface area contributed by atoms with E-state index in [-0.39, 0.29) is 0 Å². The van der Waals surface area contributed by atoms with E-state index in [9.17, 15) is 0 Å². The van der Waals surface area contributed by atoms with Gasteiger partial charge in [0.05, 0.1) is 0 Å². The highest BCUT2D eigenvalue weighted by atomic mass is 14.5. The van der Waals surface area contributed by atoms with Crippen LogP contribution in [0.25, 0.3) is 0 Å². The monoisotopic (exact) mass is 141 g/mol. The molecule has 10 heavy (non-hydrogen) atoms. The van der Waals surface area contributed by atoms with Gasteiger partial charge < -0.3 is 5.73 Å². The minimum absolute atomic E-state index is 0.753. The van der Waals surface area contributed by atoms with Crippen LogP contribution in [0.15, 0.2) is 0 Å². The molecule has 2 N–H and O–H groups in total. The van der Waals surface area contributed by atoms with Gasteiger partial charge in [0.15, 0.2) is 0 Å². The van der Waals surface area contributed by atoms with Crippen LogP contribution in [0.4, 0.5) is 0 Å². The highest BCUT2D eigenvalue weighted by Crippen LogP contribution is 2.29. The summed E-state index contributed by atoms with van der Waals surface area (Å²) in [5, 5.41) is 0. The second kappa shape index (κ2) is 3.97. The van der Waals surface area contributed by atoms with Crippen LogP contribution in [0.3, 0.4) is 0 Å². The van der Waals surface area contributed by atoms with Crippen molar-refractivity contribution in [3.63, 3.8) is 0 Å². The van der Waals surface area contributed by atoms with Gasteiger partial charge in [-0.1, -0.05) is 32.6 Å². The molecule has 1 aliphatic carbocycles. The van der Waals surface area contributed by atoms with Crippen LogP contribution in [0, 0.1) is 11.8 Å². The molecule has 0 bridgehead atoms. The van der Waals surface area contributed by atoms with Crippen LogP contribution in [-0.2, 0) is 0 Å². The summed E-state index contributed by atoms with van der Waals surface area (Å²) in [4.78, 5) is 0. The Balaban J connectivity index is 2.11. The molecule has 0 aromatic heterocycles. The van der Waals surface area contributed by atoms with Crippen molar-refractivity contribution >= 4 is 0 Å². The van der Waals surface area contributed by atoms with Gasteiger partial charge in [-0.05, 0) is 24.8 Å². The molecule has 0 aromatic carbocycles. The predicted octanol–water partition coefficient (Wildman–Crippen LogP) is 2.16. The van der Waals surface area contributed by atoms with Crippen molar-refractivity contribution in [1.82, 2.24) is 0 Å². The minimum atomic E-state index is 0.753. The summed E-state index contributed by atoms with van der Waals surface area (Å²) in [7, 11) is 0. The van der Waals surface area contributed by atoms with Crippen molar-refractivity contribution in [2.45, 2.75) is 39.0 Å².